The minimum atomic E-state index is -1.16. The van der Waals surface area contributed by atoms with E-state index in [1.807, 2.05) is 0 Å². The number of nitrogens with two attached hydrogens (primary N) is 1. The average Bonchev–Trinajstić information content (AvgIpc) is 3.24. The molecule has 1 atom stereocenters. The summed E-state index contributed by atoms with van der Waals surface area (Å²) in [6.45, 7) is 1.55. The van der Waals surface area contributed by atoms with Gasteiger partial charge in [0, 0.05) is 24.3 Å². The summed E-state index contributed by atoms with van der Waals surface area (Å²) in [5.74, 6) is -3.18. The normalized spacial score (nSPS) is 15.1. The van der Waals surface area contributed by atoms with E-state index < -0.39 is 33.3 Å². The predicted molar refractivity (Wildman–Crippen MR) is 140 cm³/mol. The van der Waals surface area contributed by atoms with Crippen molar-refractivity contribution in [2.45, 2.75) is 12.8 Å². The molecule has 2 aromatic carbocycles. The van der Waals surface area contributed by atoms with Gasteiger partial charge in [-0.3, -0.25) is 29.6 Å². The van der Waals surface area contributed by atoms with Crippen LogP contribution in [0.5, 0.6) is 0 Å². The highest BCUT2D eigenvalue weighted by molar-refractivity contribution is 7.07. The monoisotopic (exact) mass is 552 g/mol. The molecule has 0 radical (unpaired) electrons. The Bertz CT molecular complexity index is 1720. The number of hydrogen-bond acceptors (Lipinski definition) is 11. The van der Waals surface area contributed by atoms with Crippen molar-refractivity contribution in [3.05, 3.63) is 105 Å². The van der Waals surface area contributed by atoms with Crippen LogP contribution >= 0.6 is 11.3 Å². The van der Waals surface area contributed by atoms with Crippen LogP contribution in [0, 0.1) is 20.2 Å². The zero-order valence-corrected chi connectivity index (χ0v) is 21.3. The summed E-state index contributed by atoms with van der Waals surface area (Å²) in [5, 5.41) is 22.1. The number of nitrogens with zero attached hydrogens (tertiary/aromatic N) is 3. The molecule has 2 N–H and O–H groups in total. The van der Waals surface area contributed by atoms with Gasteiger partial charge in [0.2, 0.25) is 0 Å². The molecule has 2 heterocycles. The summed E-state index contributed by atoms with van der Waals surface area (Å²) in [5.41, 5.74) is 5.87. The molecular formula is C25H20N4O9S. The van der Waals surface area contributed by atoms with Crippen molar-refractivity contribution in [1.29, 1.82) is 0 Å². The fraction of sp³-hybridized carbons (Fsp3) is 0.160. The molecule has 39 heavy (non-hydrogen) atoms. The summed E-state index contributed by atoms with van der Waals surface area (Å²) >= 11 is 0.905. The van der Waals surface area contributed by atoms with Gasteiger partial charge < -0.3 is 15.2 Å². The van der Waals surface area contributed by atoms with Crippen molar-refractivity contribution in [3.8, 4) is 0 Å². The first kappa shape index (κ1) is 26.9. The smallest absolute Gasteiger partial charge is 0.338 e. The van der Waals surface area contributed by atoms with Crippen molar-refractivity contribution in [2.24, 2.45) is 5.73 Å². The molecule has 13 nitrogen and oxygen atoms in total. The molecule has 1 aliphatic rings. The number of ether oxygens (including phenoxy) is 2. The van der Waals surface area contributed by atoms with Crippen LogP contribution < -0.4 is 20.5 Å². The number of aromatic nitrogens is 1. The molecule has 1 aromatic heterocycles. The fourth-order valence-electron chi connectivity index (χ4n) is 4.13. The number of hydrogen-bond donors (Lipinski definition) is 1. The topological polar surface area (TPSA) is 187 Å². The maximum atomic E-state index is 13.5. The van der Waals surface area contributed by atoms with Gasteiger partial charge in [0.05, 0.1) is 45.2 Å². The summed E-state index contributed by atoms with van der Waals surface area (Å²) in [6, 6.07) is 10.7. The lowest BCUT2D eigenvalue weighted by atomic mass is 9.83. The van der Waals surface area contributed by atoms with Gasteiger partial charge in [-0.1, -0.05) is 12.1 Å². The Morgan fingerprint density at radius 3 is 2.08 bits per heavy atom. The number of fused-ring (bicyclic) bond motifs is 1. The molecule has 0 spiro atoms. The van der Waals surface area contributed by atoms with Crippen molar-refractivity contribution >= 4 is 52.1 Å². The number of thiazole rings is 1. The Balaban J connectivity index is 2.05. The molecule has 1 unspecified atom stereocenters. The van der Waals surface area contributed by atoms with Gasteiger partial charge in [-0.05, 0) is 36.3 Å². The second-order valence-electron chi connectivity index (χ2n) is 8.11. The van der Waals surface area contributed by atoms with Crippen LogP contribution in [0.3, 0.4) is 0 Å². The number of nitro groups is 2. The average molecular weight is 553 g/mol. The van der Waals surface area contributed by atoms with Crippen molar-refractivity contribution in [1.82, 2.24) is 4.57 Å². The minimum absolute atomic E-state index is 0.0271. The Morgan fingerprint density at radius 2 is 1.56 bits per heavy atom. The third-order valence-corrected chi connectivity index (χ3v) is 7.00. The highest BCUT2D eigenvalue weighted by Gasteiger charge is 2.40. The molecule has 0 saturated carbocycles. The molecule has 0 saturated heterocycles. The lowest BCUT2D eigenvalue weighted by molar-refractivity contribution is -0.385. The van der Waals surface area contributed by atoms with Crippen LogP contribution in [0.1, 0.15) is 24.0 Å². The summed E-state index contributed by atoms with van der Waals surface area (Å²) < 4.78 is 11.4. The van der Waals surface area contributed by atoms with Crippen LogP contribution in [-0.4, -0.2) is 40.1 Å². The van der Waals surface area contributed by atoms with Crippen LogP contribution in [0.4, 0.5) is 11.4 Å². The van der Waals surface area contributed by atoms with Gasteiger partial charge in [-0.15, -0.1) is 11.3 Å². The van der Waals surface area contributed by atoms with E-state index in [1.54, 1.807) is 6.92 Å². The van der Waals surface area contributed by atoms with E-state index in [0.717, 1.165) is 23.0 Å². The number of methoxy groups -OCH3 is 1. The Hall–Kier alpha value is -5.11. The quantitative estimate of drug-likeness (QED) is 0.255. The Kier molecular flexibility index (Phi) is 7.40. The fourth-order valence-corrected chi connectivity index (χ4v) is 5.29. The molecule has 3 aromatic rings. The van der Waals surface area contributed by atoms with Gasteiger partial charge >= 0.3 is 11.9 Å². The van der Waals surface area contributed by atoms with Gasteiger partial charge in [0.25, 0.3) is 16.9 Å². The third kappa shape index (κ3) is 4.92. The number of esters is 2. The number of carbonyl (C=O) groups excluding carboxylic acids is 2. The first-order valence-corrected chi connectivity index (χ1v) is 12.1. The predicted octanol–water partition coefficient (Wildman–Crippen LogP) is 1.37. The van der Waals surface area contributed by atoms with Crippen LogP contribution in [0.25, 0.3) is 17.5 Å². The number of nitro benzene ring substituents is 2. The minimum Gasteiger partial charge on any atom is -0.466 e. The lowest BCUT2D eigenvalue weighted by Gasteiger charge is -2.26. The molecule has 200 valence electrons. The van der Waals surface area contributed by atoms with Gasteiger partial charge in [0.15, 0.2) is 0 Å². The van der Waals surface area contributed by atoms with Crippen molar-refractivity contribution in [3.63, 3.8) is 0 Å². The number of non-ortho nitro benzene ring substituents is 2. The first-order chi connectivity index (χ1) is 18.6. The second kappa shape index (κ2) is 10.7. The molecule has 4 rings (SSSR count). The number of rotatable bonds is 7. The lowest BCUT2D eigenvalue weighted by Crippen LogP contribution is -2.41. The van der Waals surface area contributed by atoms with E-state index in [1.165, 1.54) is 54.6 Å². The molecule has 1 aliphatic heterocycles. The van der Waals surface area contributed by atoms with E-state index in [0.29, 0.717) is 11.1 Å². The number of carbonyl (C=O) groups is 2. The zero-order chi connectivity index (χ0) is 28.4. The van der Waals surface area contributed by atoms with E-state index in [-0.39, 0.29) is 44.1 Å². The van der Waals surface area contributed by atoms with Crippen molar-refractivity contribution in [2.75, 3.05) is 13.7 Å². The van der Waals surface area contributed by atoms with Gasteiger partial charge in [0.1, 0.15) is 10.5 Å². The molecular weight excluding hydrogens is 532 g/mol. The van der Waals surface area contributed by atoms with Crippen LogP contribution in [0.15, 0.2) is 58.9 Å². The van der Waals surface area contributed by atoms with Crippen molar-refractivity contribution < 1.29 is 28.9 Å². The first-order valence-electron chi connectivity index (χ1n) is 11.3. The Morgan fingerprint density at radius 1 is 1.00 bits per heavy atom. The standard InChI is InChI=1S/C25H20N4O9S/c1-3-38-25(32)19-18(14-6-10-16(11-7-14)29(35)36)20(24(31)37-2)23-27(21(19)26)22(30)17(39-23)12-13-4-8-15(9-5-13)28(33)34/h4-12,18H,3,26H2,1-2H3/b17-12+. The summed E-state index contributed by atoms with van der Waals surface area (Å²) in [7, 11) is 1.13. The summed E-state index contributed by atoms with van der Waals surface area (Å²) in [4.78, 5) is 60.7. The summed E-state index contributed by atoms with van der Waals surface area (Å²) in [6.07, 6.45) is 1.47. The highest BCUT2D eigenvalue weighted by atomic mass is 32.1. The molecule has 0 amide bonds. The van der Waals surface area contributed by atoms with E-state index >= 15 is 0 Å². The third-order valence-electron chi connectivity index (χ3n) is 5.89. The SMILES string of the molecule is CCOC(=O)C1=C(N)n2c(s/c(=C/c3ccc([N+](=O)[O-])cc3)c2=O)=C(C(=O)OC)C1c1ccc([N+](=O)[O-])cc1. The Labute approximate surface area is 223 Å². The second-order valence-corrected chi connectivity index (χ2v) is 9.14. The largest absolute Gasteiger partial charge is 0.466 e. The molecule has 0 aliphatic carbocycles. The van der Waals surface area contributed by atoms with Gasteiger partial charge in [-0.2, -0.15) is 0 Å². The van der Waals surface area contributed by atoms with Crippen LogP contribution in [-0.2, 0) is 19.1 Å². The molecule has 14 heteroatoms. The number of benzene rings is 2. The van der Waals surface area contributed by atoms with Gasteiger partial charge in [-0.25, -0.2) is 9.59 Å². The molecule has 0 fully saturated rings. The van der Waals surface area contributed by atoms with E-state index in [2.05, 4.69) is 0 Å². The highest BCUT2D eigenvalue weighted by Crippen LogP contribution is 2.38. The zero-order valence-electron chi connectivity index (χ0n) is 20.5. The maximum Gasteiger partial charge on any atom is 0.338 e. The molecule has 0 bridgehead atoms. The van der Waals surface area contributed by atoms with E-state index in [4.69, 9.17) is 15.2 Å². The van der Waals surface area contributed by atoms with Crippen LogP contribution in [0.2, 0.25) is 0 Å². The maximum absolute atomic E-state index is 13.5. The van der Waals surface area contributed by atoms with E-state index in [9.17, 15) is 34.6 Å².